The zero-order valence-electron chi connectivity index (χ0n) is 15.4. The molecule has 0 unspecified atom stereocenters. The Balaban J connectivity index is 1.69. The summed E-state index contributed by atoms with van der Waals surface area (Å²) in [5.41, 5.74) is 3.33. The molecule has 29 heavy (non-hydrogen) atoms. The molecule has 1 aliphatic heterocycles. The number of hydrogen-bond donors (Lipinski definition) is 3. The highest BCUT2D eigenvalue weighted by molar-refractivity contribution is 6.39. The Hall–Kier alpha value is -2.87. The molecule has 0 saturated heterocycles. The minimum atomic E-state index is -0.200. The van der Waals surface area contributed by atoms with E-state index in [0.29, 0.717) is 56.0 Å². The predicted octanol–water partition coefficient (Wildman–Crippen LogP) is 3.85. The van der Waals surface area contributed by atoms with Crippen LogP contribution in [-0.2, 0) is 7.05 Å². The van der Waals surface area contributed by atoms with E-state index in [2.05, 4.69) is 25.6 Å². The number of nitrogens with one attached hydrogen (secondary N) is 3. The first-order valence-corrected chi connectivity index (χ1v) is 9.79. The molecule has 7 nitrogen and oxygen atoms in total. The van der Waals surface area contributed by atoms with Crippen LogP contribution in [0.5, 0.6) is 0 Å². The third-order valence-corrected chi connectivity index (χ3v) is 5.65. The molecule has 0 saturated carbocycles. The van der Waals surface area contributed by atoms with Crippen LogP contribution in [0.3, 0.4) is 0 Å². The number of H-pyrrole nitrogens is 1. The number of imidazole rings is 1. The van der Waals surface area contributed by atoms with Gasteiger partial charge in [-0.2, -0.15) is 0 Å². The van der Waals surface area contributed by atoms with E-state index in [9.17, 15) is 4.79 Å². The number of benzene rings is 2. The number of halogens is 2. The lowest BCUT2D eigenvalue weighted by Crippen LogP contribution is -2.15. The van der Waals surface area contributed by atoms with Crippen LogP contribution in [0.15, 0.2) is 41.2 Å². The molecule has 0 bridgehead atoms. The minimum Gasteiger partial charge on any atom is -0.323 e. The molecule has 5 rings (SSSR count). The van der Waals surface area contributed by atoms with Crippen LogP contribution < -0.4 is 16.2 Å². The zero-order valence-corrected chi connectivity index (χ0v) is 16.9. The summed E-state index contributed by atoms with van der Waals surface area (Å²) in [6.07, 6.45) is 2.03. The lowest BCUT2D eigenvalue weighted by molar-refractivity contribution is 0.892. The highest BCUT2D eigenvalue weighted by Gasteiger charge is 2.18. The van der Waals surface area contributed by atoms with E-state index < -0.39 is 0 Å². The fourth-order valence-electron chi connectivity index (χ4n) is 3.58. The Morgan fingerprint density at radius 3 is 2.59 bits per heavy atom. The van der Waals surface area contributed by atoms with Crippen LogP contribution in [0.1, 0.15) is 5.82 Å². The van der Waals surface area contributed by atoms with Crippen molar-refractivity contribution in [1.82, 2.24) is 24.8 Å². The molecule has 3 N–H and O–H groups in total. The second-order valence-corrected chi connectivity index (χ2v) is 7.63. The number of para-hydroxylation sites is 1. The highest BCUT2D eigenvalue weighted by atomic mass is 35.5. The summed E-state index contributed by atoms with van der Waals surface area (Å²) in [7, 11) is 1.83. The molecule has 4 aromatic rings. The maximum Gasteiger partial charge on any atom is 0.261 e. The third kappa shape index (κ3) is 2.98. The van der Waals surface area contributed by atoms with E-state index in [-0.39, 0.29) is 5.56 Å². The van der Waals surface area contributed by atoms with Gasteiger partial charge in [-0.15, -0.1) is 0 Å². The van der Waals surface area contributed by atoms with Crippen molar-refractivity contribution in [1.29, 1.82) is 0 Å². The van der Waals surface area contributed by atoms with Gasteiger partial charge >= 0.3 is 0 Å². The first kappa shape index (κ1) is 18.2. The lowest BCUT2D eigenvalue weighted by atomic mass is 10.2. The summed E-state index contributed by atoms with van der Waals surface area (Å²) in [6.45, 7) is 1.46. The standard InChI is InChI=1S/C20H16Cl2N6O/c1-28-17-14(25-20(28)26-16-11(21)3-2-4-12(16)22)6-5-13-15(17)19(29)27-18(24-13)10-7-8-23-9-10/h2-7,23H,8-9H2,1H3,(H,25,26)(H,24,27,29). The molecule has 0 radical (unpaired) electrons. The molecule has 0 atom stereocenters. The van der Waals surface area contributed by atoms with Gasteiger partial charge in [0.15, 0.2) is 0 Å². The van der Waals surface area contributed by atoms with Gasteiger partial charge in [0, 0.05) is 25.7 Å². The number of hydrogen-bond acceptors (Lipinski definition) is 5. The molecule has 2 aromatic heterocycles. The van der Waals surface area contributed by atoms with Gasteiger partial charge in [0.2, 0.25) is 5.95 Å². The molecule has 0 amide bonds. The Kier molecular flexibility index (Phi) is 4.31. The van der Waals surface area contributed by atoms with Crippen molar-refractivity contribution in [2.45, 2.75) is 0 Å². The summed E-state index contributed by atoms with van der Waals surface area (Å²) >= 11 is 12.5. The molecule has 1 aliphatic rings. The average Bonchev–Trinajstić information content (AvgIpc) is 3.33. The largest absolute Gasteiger partial charge is 0.323 e. The van der Waals surface area contributed by atoms with E-state index in [1.165, 1.54) is 0 Å². The summed E-state index contributed by atoms with van der Waals surface area (Å²) in [6, 6.07) is 8.94. The van der Waals surface area contributed by atoms with Crippen LogP contribution in [0.25, 0.3) is 27.5 Å². The van der Waals surface area contributed by atoms with E-state index in [1.54, 1.807) is 18.2 Å². The topological polar surface area (TPSA) is 87.6 Å². The maximum absolute atomic E-state index is 13.0. The lowest BCUT2D eigenvalue weighted by Gasteiger charge is -2.10. The SMILES string of the molecule is Cn1c(Nc2c(Cl)cccc2Cl)nc2ccc3nc(C4=CCNC4)[nH]c(=O)c3c21. The molecular weight excluding hydrogens is 411 g/mol. The van der Waals surface area contributed by atoms with E-state index in [1.807, 2.05) is 29.8 Å². The summed E-state index contributed by atoms with van der Waals surface area (Å²) in [5.74, 6) is 1.11. The van der Waals surface area contributed by atoms with Crippen LogP contribution in [0.4, 0.5) is 11.6 Å². The monoisotopic (exact) mass is 426 g/mol. The minimum absolute atomic E-state index is 0.200. The number of aromatic amines is 1. The van der Waals surface area contributed by atoms with Crippen molar-refractivity contribution >= 4 is 62.3 Å². The van der Waals surface area contributed by atoms with Crippen molar-refractivity contribution in [3.8, 4) is 0 Å². The van der Waals surface area contributed by atoms with E-state index >= 15 is 0 Å². The summed E-state index contributed by atoms with van der Waals surface area (Å²) < 4.78 is 1.81. The van der Waals surface area contributed by atoms with Gasteiger partial charge in [0.25, 0.3) is 5.56 Å². The smallest absolute Gasteiger partial charge is 0.261 e. The first-order chi connectivity index (χ1) is 14.0. The van der Waals surface area contributed by atoms with Crippen molar-refractivity contribution < 1.29 is 0 Å². The maximum atomic E-state index is 13.0. The fourth-order valence-corrected chi connectivity index (χ4v) is 4.07. The van der Waals surface area contributed by atoms with E-state index in [0.717, 1.165) is 12.1 Å². The zero-order chi connectivity index (χ0) is 20.1. The molecule has 0 aliphatic carbocycles. The molecule has 0 fully saturated rings. The second-order valence-electron chi connectivity index (χ2n) is 6.82. The quantitative estimate of drug-likeness (QED) is 0.463. The molecule has 9 heteroatoms. The Bertz CT molecular complexity index is 1350. The van der Waals surface area contributed by atoms with Gasteiger partial charge in [0.1, 0.15) is 5.82 Å². The van der Waals surface area contributed by atoms with Gasteiger partial charge in [-0.3, -0.25) is 4.79 Å². The molecular formula is C20H16Cl2N6O. The molecule has 0 spiro atoms. The second kappa shape index (κ2) is 6.88. The number of fused-ring (bicyclic) bond motifs is 3. The van der Waals surface area contributed by atoms with Gasteiger partial charge in [0.05, 0.1) is 37.7 Å². The number of aryl methyl sites for hydroxylation is 1. The summed E-state index contributed by atoms with van der Waals surface area (Å²) in [4.78, 5) is 25.1. The highest BCUT2D eigenvalue weighted by Crippen LogP contribution is 2.33. The molecule has 3 heterocycles. The van der Waals surface area contributed by atoms with Gasteiger partial charge < -0.3 is 20.2 Å². The van der Waals surface area contributed by atoms with Crippen LogP contribution in [0, 0.1) is 0 Å². The number of aromatic nitrogens is 4. The van der Waals surface area contributed by atoms with Crippen molar-refractivity contribution in [3.63, 3.8) is 0 Å². The molecule has 146 valence electrons. The van der Waals surface area contributed by atoms with Crippen molar-refractivity contribution in [2.24, 2.45) is 7.05 Å². The Labute approximate surface area is 175 Å². The number of anilines is 2. The van der Waals surface area contributed by atoms with Gasteiger partial charge in [-0.25, -0.2) is 9.97 Å². The molecule has 2 aromatic carbocycles. The predicted molar refractivity (Wildman–Crippen MR) is 117 cm³/mol. The van der Waals surface area contributed by atoms with Crippen LogP contribution >= 0.6 is 23.2 Å². The van der Waals surface area contributed by atoms with Gasteiger partial charge in [-0.05, 0) is 24.3 Å². The van der Waals surface area contributed by atoms with Crippen molar-refractivity contribution in [3.05, 3.63) is 62.6 Å². The Morgan fingerprint density at radius 1 is 1.10 bits per heavy atom. The Morgan fingerprint density at radius 2 is 1.86 bits per heavy atom. The van der Waals surface area contributed by atoms with Crippen molar-refractivity contribution in [2.75, 3.05) is 18.4 Å². The van der Waals surface area contributed by atoms with Crippen LogP contribution in [0.2, 0.25) is 10.0 Å². The first-order valence-electron chi connectivity index (χ1n) is 9.03. The third-order valence-electron chi connectivity index (χ3n) is 5.02. The van der Waals surface area contributed by atoms with E-state index in [4.69, 9.17) is 23.2 Å². The summed E-state index contributed by atoms with van der Waals surface area (Å²) in [5, 5.41) is 7.85. The van der Waals surface area contributed by atoms with Crippen LogP contribution in [-0.4, -0.2) is 32.6 Å². The number of nitrogens with zero attached hydrogens (tertiary/aromatic N) is 3. The normalized spacial score (nSPS) is 14.0. The van der Waals surface area contributed by atoms with Gasteiger partial charge in [-0.1, -0.05) is 35.3 Å². The fraction of sp³-hybridized carbons (Fsp3) is 0.150. The average molecular weight is 427 g/mol. The number of rotatable bonds is 3.